The third kappa shape index (κ3) is 2.96. The Kier molecular flexibility index (Phi) is 4.26. The van der Waals surface area contributed by atoms with Crippen LogP contribution < -0.4 is 5.56 Å². The summed E-state index contributed by atoms with van der Waals surface area (Å²) in [7, 11) is 0. The Morgan fingerprint density at radius 1 is 1.14 bits per heavy atom. The van der Waals surface area contributed by atoms with Crippen molar-refractivity contribution in [3.8, 4) is 11.3 Å². The molecule has 1 aromatic carbocycles. The predicted octanol–water partition coefficient (Wildman–Crippen LogP) is 2.98. The lowest BCUT2D eigenvalue weighted by molar-refractivity contribution is -0.138. The number of fused-ring (bicyclic) bond motifs is 1. The van der Waals surface area contributed by atoms with Gasteiger partial charge in [-0.1, -0.05) is 0 Å². The summed E-state index contributed by atoms with van der Waals surface area (Å²) in [5, 5.41) is 0. The number of ether oxygens (including phenoxy) is 1. The van der Waals surface area contributed by atoms with Crippen LogP contribution in [0.5, 0.6) is 0 Å². The fraction of sp³-hybridized carbons (Fsp3) is 0.200. The molecule has 0 radical (unpaired) electrons. The second-order valence-corrected chi connectivity index (χ2v) is 6.51. The van der Waals surface area contributed by atoms with Crippen molar-refractivity contribution in [1.29, 1.82) is 0 Å². The number of benzene rings is 1. The van der Waals surface area contributed by atoms with Gasteiger partial charge in [-0.15, -0.1) is 0 Å². The first-order valence-electron chi connectivity index (χ1n) is 8.59. The monoisotopic (exact) mass is 383 g/mol. The molecule has 3 heterocycles. The van der Waals surface area contributed by atoms with Gasteiger partial charge in [0.25, 0.3) is 5.56 Å². The molecule has 1 aliphatic rings. The average Bonchev–Trinajstić information content (AvgIpc) is 2.66. The lowest BCUT2D eigenvalue weighted by Gasteiger charge is -2.16. The molecule has 0 bridgehead atoms. The second-order valence-electron chi connectivity index (χ2n) is 6.51. The van der Waals surface area contributed by atoms with Crippen molar-refractivity contribution in [2.45, 2.75) is 20.3 Å². The predicted molar refractivity (Wildman–Crippen MR) is 97.6 cm³/mol. The SMILES string of the molecule is Cc1nc2c(-c3ccc(F)cc3F)nc(C3=CC(=O)OCC3)cn2c(=O)c1C. The normalized spacial score (nSPS) is 14.1. The molecule has 0 atom stereocenters. The quantitative estimate of drug-likeness (QED) is 0.636. The molecule has 1 aliphatic heterocycles. The van der Waals surface area contributed by atoms with Gasteiger partial charge >= 0.3 is 5.97 Å². The number of nitrogens with zero attached hydrogens (tertiary/aromatic N) is 3. The Hall–Kier alpha value is -3.42. The van der Waals surface area contributed by atoms with Gasteiger partial charge in [0.2, 0.25) is 0 Å². The molecule has 0 N–H and O–H groups in total. The van der Waals surface area contributed by atoms with Crippen LogP contribution in [0.25, 0.3) is 22.5 Å². The van der Waals surface area contributed by atoms with Crippen molar-refractivity contribution in [3.63, 3.8) is 0 Å². The first-order chi connectivity index (χ1) is 13.3. The molecule has 8 heteroatoms. The van der Waals surface area contributed by atoms with Crippen LogP contribution in [-0.4, -0.2) is 26.9 Å². The summed E-state index contributed by atoms with van der Waals surface area (Å²) < 4.78 is 34.1. The molecule has 3 aromatic rings. The van der Waals surface area contributed by atoms with Crippen molar-refractivity contribution in [2.75, 3.05) is 6.61 Å². The molecule has 0 saturated heterocycles. The van der Waals surface area contributed by atoms with Gasteiger partial charge in [-0.3, -0.25) is 9.20 Å². The largest absolute Gasteiger partial charge is 0.462 e. The highest BCUT2D eigenvalue weighted by Crippen LogP contribution is 2.28. The molecule has 6 nitrogen and oxygen atoms in total. The maximum Gasteiger partial charge on any atom is 0.331 e. The smallest absolute Gasteiger partial charge is 0.331 e. The molecule has 0 fully saturated rings. The minimum atomic E-state index is -0.823. The van der Waals surface area contributed by atoms with Crippen LogP contribution >= 0.6 is 0 Å². The van der Waals surface area contributed by atoms with Crippen molar-refractivity contribution in [1.82, 2.24) is 14.4 Å². The maximum atomic E-state index is 14.5. The fourth-order valence-corrected chi connectivity index (χ4v) is 3.07. The lowest BCUT2D eigenvalue weighted by Crippen LogP contribution is -2.21. The van der Waals surface area contributed by atoms with Crippen molar-refractivity contribution in [3.05, 3.63) is 69.4 Å². The standard InChI is InChI=1S/C20H15F2N3O3/c1-10-11(2)23-19-18(14-4-3-13(21)8-15(14)22)24-16(9-25(19)20(10)27)12-5-6-28-17(26)7-12/h3-4,7-9H,5-6H2,1-2H3. The summed E-state index contributed by atoms with van der Waals surface area (Å²) in [5.74, 6) is -2.06. The summed E-state index contributed by atoms with van der Waals surface area (Å²) in [6.45, 7) is 3.51. The van der Waals surface area contributed by atoms with E-state index in [0.29, 0.717) is 28.9 Å². The van der Waals surface area contributed by atoms with E-state index in [9.17, 15) is 18.4 Å². The number of hydrogen-bond acceptors (Lipinski definition) is 5. The van der Waals surface area contributed by atoms with E-state index in [1.807, 2.05) is 0 Å². The topological polar surface area (TPSA) is 73.6 Å². The highest BCUT2D eigenvalue weighted by Gasteiger charge is 2.20. The van der Waals surface area contributed by atoms with Gasteiger partial charge < -0.3 is 4.74 Å². The zero-order valence-corrected chi connectivity index (χ0v) is 15.1. The third-order valence-electron chi connectivity index (χ3n) is 4.70. The number of carbonyl (C=O) groups excluding carboxylic acids is 1. The first kappa shape index (κ1) is 18.0. The molecule has 0 aliphatic carbocycles. The highest BCUT2D eigenvalue weighted by atomic mass is 19.1. The fourth-order valence-electron chi connectivity index (χ4n) is 3.07. The van der Waals surface area contributed by atoms with Crippen molar-refractivity contribution < 1.29 is 18.3 Å². The summed E-state index contributed by atoms with van der Waals surface area (Å²) >= 11 is 0. The van der Waals surface area contributed by atoms with Gasteiger partial charge in [0.05, 0.1) is 12.3 Å². The van der Waals surface area contributed by atoms with E-state index < -0.39 is 17.6 Å². The number of rotatable bonds is 2. The zero-order chi connectivity index (χ0) is 20.0. The number of hydrogen-bond donors (Lipinski definition) is 0. The van der Waals surface area contributed by atoms with Crippen LogP contribution in [0.1, 0.15) is 23.4 Å². The Balaban J connectivity index is 2.09. The van der Waals surface area contributed by atoms with Crippen molar-refractivity contribution >= 4 is 17.2 Å². The van der Waals surface area contributed by atoms with E-state index in [4.69, 9.17) is 4.74 Å². The molecule has 0 spiro atoms. The highest BCUT2D eigenvalue weighted by molar-refractivity contribution is 5.92. The van der Waals surface area contributed by atoms with Gasteiger partial charge in [-0.05, 0) is 31.6 Å². The number of aryl methyl sites for hydroxylation is 1. The van der Waals surface area contributed by atoms with Gasteiger partial charge in [0.15, 0.2) is 5.65 Å². The number of cyclic esters (lactones) is 1. The zero-order valence-electron chi connectivity index (χ0n) is 15.1. The summed E-state index contributed by atoms with van der Waals surface area (Å²) in [5.41, 5.74) is 1.75. The Bertz CT molecular complexity index is 1230. The molecular formula is C20H15F2N3O3. The van der Waals surface area contributed by atoms with Crippen LogP contribution in [0.15, 0.2) is 35.3 Å². The van der Waals surface area contributed by atoms with Crippen molar-refractivity contribution in [2.24, 2.45) is 0 Å². The molecule has 0 saturated carbocycles. The van der Waals surface area contributed by atoms with E-state index in [1.54, 1.807) is 13.8 Å². The minimum Gasteiger partial charge on any atom is -0.462 e. The number of aromatic nitrogens is 3. The second kappa shape index (κ2) is 6.63. The Labute approximate surface area is 158 Å². The average molecular weight is 383 g/mol. The van der Waals surface area contributed by atoms with Crippen LogP contribution in [0.4, 0.5) is 8.78 Å². The molecule has 0 unspecified atom stereocenters. The summed E-state index contributed by atoms with van der Waals surface area (Å²) in [6.07, 6.45) is 3.18. The number of halogens is 2. The van der Waals surface area contributed by atoms with E-state index in [1.165, 1.54) is 22.7 Å². The molecule has 142 valence electrons. The van der Waals surface area contributed by atoms with Crippen LogP contribution in [0.3, 0.4) is 0 Å². The molecule has 0 amide bonds. The van der Waals surface area contributed by atoms with E-state index in [-0.39, 0.29) is 29.1 Å². The minimum absolute atomic E-state index is 0.00916. The Morgan fingerprint density at radius 2 is 1.93 bits per heavy atom. The van der Waals surface area contributed by atoms with Crippen LogP contribution in [0.2, 0.25) is 0 Å². The molecular weight excluding hydrogens is 368 g/mol. The number of carbonyl (C=O) groups is 1. The van der Waals surface area contributed by atoms with Crippen LogP contribution in [0, 0.1) is 25.5 Å². The summed E-state index contributed by atoms with van der Waals surface area (Å²) in [4.78, 5) is 33.3. The van der Waals surface area contributed by atoms with Crippen LogP contribution in [-0.2, 0) is 9.53 Å². The number of esters is 1. The molecule has 28 heavy (non-hydrogen) atoms. The van der Waals surface area contributed by atoms with Gasteiger partial charge in [0, 0.05) is 41.6 Å². The Morgan fingerprint density at radius 3 is 2.64 bits per heavy atom. The van der Waals surface area contributed by atoms with E-state index >= 15 is 0 Å². The van der Waals surface area contributed by atoms with E-state index in [2.05, 4.69) is 9.97 Å². The maximum absolute atomic E-state index is 14.5. The van der Waals surface area contributed by atoms with Gasteiger partial charge in [-0.25, -0.2) is 23.5 Å². The van der Waals surface area contributed by atoms with Gasteiger partial charge in [-0.2, -0.15) is 0 Å². The van der Waals surface area contributed by atoms with E-state index in [0.717, 1.165) is 12.1 Å². The molecule has 4 rings (SSSR count). The lowest BCUT2D eigenvalue weighted by atomic mass is 10.1. The summed E-state index contributed by atoms with van der Waals surface area (Å²) in [6, 6.07) is 3.11. The third-order valence-corrected chi connectivity index (χ3v) is 4.70. The first-order valence-corrected chi connectivity index (χ1v) is 8.59. The molecule has 2 aromatic heterocycles. The van der Waals surface area contributed by atoms with Gasteiger partial charge in [0.1, 0.15) is 17.3 Å².